The third kappa shape index (κ3) is 17.8. The van der Waals surface area contributed by atoms with E-state index in [2.05, 4.69) is 23.4 Å². The summed E-state index contributed by atoms with van der Waals surface area (Å²) < 4.78 is 32.5. The number of carbonyl (C=O) groups excluding carboxylic acids is 3. The number of nitrogens with zero attached hydrogens (tertiary/aromatic N) is 2. The topological polar surface area (TPSA) is 150 Å². The largest absolute Gasteiger partial charge is 0.494 e. The molecule has 316 valence electrons. The predicted molar refractivity (Wildman–Crippen MR) is 228 cm³/mol. The monoisotopic (exact) mass is 820 g/mol. The van der Waals surface area contributed by atoms with E-state index in [0.717, 1.165) is 79.9 Å². The Morgan fingerprint density at radius 1 is 0.567 bits per heavy atom. The molecule has 13 nitrogen and oxygen atoms in total. The molecule has 4 rings (SSSR count). The lowest BCUT2D eigenvalue weighted by molar-refractivity contribution is -0.218. The summed E-state index contributed by atoms with van der Waals surface area (Å²) in [5, 5.41) is 8.26. The number of hydrogen-bond donors (Lipinski definition) is 0. The summed E-state index contributed by atoms with van der Waals surface area (Å²) >= 11 is 0. The Hall–Kier alpha value is -6.73. The molecule has 0 saturated carbocycles. The fourth-order valence-corrected chi connectivity index (χ4v) is 5.31. The fraction of sp³-hybridized carbons (Fsp3) is 0.298. The minimum Gasteiger partial charge on any atom is -0.494 e. The molecule has 0 amide bonds. The molecule has 0 aromatic heterocycles. The van der Waals surface area contributed by atoms with Gasteiger partial charge in [0.1, 0.15) is 23.9 Å². The molecule has 0 atom stereocenters. The lowest BCUT2D eigenvalue weighted by Crippen LogP contribution is -2.08. The third-order valence-electron chi connectivity index (χ3n) is 8.58. The van der Waals surface area contributed by atoms with E-state index in [1.54, 1.807) is 79.2 Å². The maximum absolute atomic E-state index is 12.7. The predicted octanol–water partition coefficient (Wildman–Crippen LogP) is 9.21. The van der Waals surface area contributed by atoms with E-state index in [4.69, 9.17) is 38.2 Å². The van der Waals surface area contributed by atoms with Crippen LogP contribution in [0.1, 0.15) is 78.4 Å². The van der Waals surface area contributed by atoms with Gasteiger partial charge in [-0.3, -0.25) is 0 Å². The summed E-state index contributed by atoms with van der Waals surface area (Å²) in [6.45, 7) is 8.91. The molecule has 0 heterocycles. The van der Waals surface area contributed by atoms with E-state index in [9.17, 15) is 14.4 Å². The molecule has 0 fully saturated rings. The van der Waals surface area contributed by atoms with Gasteiger partial charge in [0.2, 0.25) is 5.75 Å². The van der Waals surface area contributed by atoms with Gasteiger partial charge in [0.05, 0.1) is 51.5 Å². The van der Waals surface area contributed by atoms with Crippen molar-refractivity contribution in [3.63, 3.8) is 0 Å². The molecule has 0 spiro atoms. The summed E-state index contributed by atoms with van der Waals surface area (Å²) in [7, 11) is 1.54. The maximum Gasteiger partial charge on any atom is 0.343 e. The van der Waals surface area contributed by atoms with E-state index in [1.165, 1.54) is 13.2 Å². The van der Waals surface area contributed by atoms with Crippen LogP contribution in [0.15, 0.2) is 127 Å². The average molecular weight is 821 g/mol. The van der Waals surface area contributed by atoms with Crippen molar-refractivity contribution in [1.29, 1.82) is 0 Å². The SMILES string of the molecule is C=CC(=O)OCCCCCCOc1ccc(COOc2ccc(/C=N/N=C/c3ccc(OC(=O)c4ccc(OCCCCCCOC(=O)C=C)cc4)cc3)cc2OC)cc1. The first-order valence-corrected chi connectivity index (χ1v) is 19.8. The highest BCUT2D eigenvalue weighted by atomic mass is 17.2. The minimum atomic E-state index is -0.484. The molecule has 0 aliphatic heterocycles. The fourth-order valence-electron chi connectivity index (χ4n) is 5.31. The summed E-state index contributed by atoms with van der Waals surface area (Å²) in [6, 6.07) is 26.6. The Balaban J connectivity index is 1.11. The van der Waals surface area contributed by atoms with Gasteiger partial charge in [-0.2, -0.15) is 15.1 Å². The number of carbonyl (C=O) groups is 3. The minimum absolute atomic E-state index is 0.217. The van der Waals surface area contributed by atoms with Crippen LogP contribution in [-0.4, -0.2) is 63.9 Å². The maximum atomic E-state index is 12.7. The highest BCUT2D eigenvalue weighted by Gasteiger charge is 2.10. The second kappa shape index (κ2) is 27.0. The van der Waals surface area contributed by atoms with Crippen LogP contribution >= 0.6 is 0 Å². The lowest BCUT2D eigenvalue weighted by Gasteiger charge is -2.10. The summed E-state index contributed by atoms with van der Waals surface area (Å²) in [5.41, 5.74) is 2.81. The second-order valence-electron chi connectivity index (χ2n) is 13.1. The van der Waals surface area contributed by atoms with E-state index in [1.807, 2.05) is 24.3 Å². The van der Waals surface area contributed by atoms with E-state index in [-0.39, 0.29) is 12.6 Å². The van der Waals surface area contributed by atoms with Gasteiger partial charge in [0, 0.05) is 12.2 Å². The first kappa shape index (κ1) is 46.0. The van der Waals surface area contributed by atoms with Crippen molar-refractivity contribution in [1.82, 2.24) is 0 Å². The highest BCUT2D eigenvalue weighted by Crippen LogP contribution is 2.28. The van der Waals surface area contributed by atoms with Crippen molar-refractivity contribution in [3.8, 4) is 28.7 Å². The molecule has 60 heavy (non-hydrogen) atoms. The van der Waals surface area contributed by atoms with Gasteiger partial charge >= 0.3 is 17.9 Å². The van der Waals surface area contributed by atoms with Crippen molar-refractivity contribution in [2.75, 3.05) is 33.5 Å². The van der Waals surface area contributed by atoms with Crippen molar-refractivity contribution in [3.05, 3.63) is 139 Å². The molecule has 0 N–H and O–H groups in total. The van der Waals surface area contributed by atoms with Crippen LogP contribution in [0.5, 0.6) is 28.7 Å². The van der Waals surface area contributed by atoms with Gasteiger partial charge in [-0.1, -0.05) is 25.3 Å². The summed E-state index contributed by atoms with van der Waals surface area (Å²) in [4.78, 5) is 45.8. The number of unbranched alkanes of at least 4 members (excludes halogenated alkanes) is 6. The van der Waals surface area contributed by atoms with Crippen LogP contribution in [0.4, 0.5) is 0 Å². The molecule has 0 aliphatic rings. The van der Waals surface area contributed by atoms with Gasteiger partial charge in [0.15, 0.2) is 5.75 Å². The molecular weight excluding hydrogens is 769 g/mol. The summed E-state index contributed by atoms with van der Waals surface area (Å²) in [6.07, 6.45) is 12.7. The lowest BCUT2D eigenvalue weighted by atomic mass is 10.2. The zero-order valence-corrected chi connectivity index (χ0v) is 34.0. The number of ether oxygens (including phenoxy) is 6. The molecule has 0 bridgehead atoms. The normalized spacial score (nSPS) is 10.9. The van der Waals surface area contributed by atoms with Crippen LogP contribution in [0, 0.1) is 0 Å². The van der Waals surface area contributed by atoms with Gasteiger partial charge in [-0.25, -0.2) is 14.4 Å². The molecule has 0 saturated heterocycles. The molecule has 0 unspecified atom stereocenters. The smallest absolute Gasteiger partial charge is 0.343 e. The van der Waals surface area contributed by atoms with Crippen LogP contribution in [0.3, 0.4) is 0 Å². The summed E-state index contributed by atoms with van der Waals surface area (Å²) in [5.74, 6) is 1.42. The van der Waals surface area contributed by atoms with Crippen molar-refractivity contribution < 1.29 is 52.6 Å². The second-order valence-corrected chi connectivity index (χ2v) is 13.1. The highest BCUT2D eigenvalue weighted by molar-refractivity contribution is 5.91. The van der Waals surface area contributed by atoms with E-state index < -0.39 is 11.9 Å². The Bertz CT molecular complexity index is 1990. The molecular formula is C47H52N2O11. The first-order valence-electron chi connectivity index (χ1n) is 19.8. The van der Waals surface area contributed by atoms with E-state index >= 15 is 0 Å². The van der Waals surface area contributed by atoms with Crippen molar-refractivity contribution in [2.24, 2.45) is 10.2 Å². The van der Waals surface area contributed by atoms with Crippen molar-refractivity contribution in [2.45, 2.75) is 58.0 Å². The van der Waals surface area contributed by atoms with E-state index in [0.29, 0.717) is 55.0 Å². The Morgan fingerprint density at radius 3 is 1.62 bits per heavy atom. The molecule has 13 heteroatoms. The van der Waals surface area contributed by atoms with Crippen LogP contribution in [0.2, 0.25) is 0 Å². The number of esters is 3. The molecule has 0 radical (unpaired) electrons. The first-order chi connectivity index (χ1) is 29.4. The van der Waals surface area contributed by atoms with Gasteiger partial charge in [-0.15, -0.1) is 0 Å². The third-order valence-corrected chi connectivity index (χ3v) is 8.58. The number of rotatable bonds is 28. The Labute approximate surface area is 351 Å². The molecule has 4 aromatic rings. The van der Waals surface area contributed by atoms with Crippen molar-refractivity contribution >= 4 is 30.3 Å². The molecule has 4 aromatic carbocycles. The van der Waals surface area contributed by atoms with Gasteiger partial charge in [-0.05, 0) is 147 Å². The molecule has 0 aliphatic carbocycles. The standard InChI is InChI=1S/C47H52N2O11/c1-4-45(50)56-30-12-8-6-10-28-54-40-21-16-37(17-22-40)35-58-60-43-27-18-38(32-44(43)53-3)34-49-48-33-36-14-23-42(24-15-36)59-47(52)39-19-25-41(26-20-39)55-29-11-7-9-13-31-57-46(51)5-2/h4-5,14-27,32-34H,1-2,6-13,28-31,35H2,3H3/b48-33+,49-34+. The van der Waals surface area contributed by atoms with Crippen LogP contribution in [-0.2, 0) is 30.6 Å². The number of methoxy groups -OCH3 is 1. The number of hydrogen-bond acceptors (Lipinski definition) is 13. The van der Waals surface area contributed by atoms with Crippen LogP contribution in [0.25, 0.3) is 0 Å². The van der Waals surface area contributed by atoms with Crippen LogP contribution < -0.4 is 23.8 Å². The Kier molecular flexibility index (Phi) is 20.7. The zero-order valence-electron chi connectivity index (χ0n) is 34.0. The van der Waals surface area contributed by atoms with Gasteiger partial charge in [0.25, 0.3) is 0 Å². The van der Waals surface area contributed by atoms with Gasteiger partial charge < -0.3 is 33.3 Å². The number of benzene rings is 4. The average Bonchev–Trinajstić information content (AvgIpc) is 3.28. The quantitative estimate of drug-likeness (QED) is 0.0103. The zero-order chi connectivity index (χ0) is 42.6. The Morgan fingerprint density at radius 2 is 1.07 bits per heavy atom.